The van der Waals surface area contributed by atoms with Crippen LogP contribution in [0, 0.1) is 0 Å². The minimum atomic E-state index is -0.440. The third-order valence-corrected chi connectivity index (χ3v) is 5.51. The fourth-order valence-corrected chi connectivity index (χ4v) is 3.71. The highest BCUT2D eigenvalue weighted by Crippen LogP contribution is 2.32. The molecule has 29 heavy (non-hydrogen) atoms. The lowest BCUT2D eigenvalue weighted by Crippen LogP contribution is -2.45. The fraction of sp³-hybridized carbons (Fsp3) is 0.500. The van der Waals surface area contributed by atoms with Crippen LogP contribution in [0.3, 0.4) is 0 Å². The molecular weight excluding hydrogens is 368 g/mol. The van der Waals surface area contributed by atoms with Crippen LogP contribution in [0.4, 0.5) is 11.6 Å². The van der Waals surface area contributed by atoms with Crippen molar-refractivity contribution in [3.8, 4) is 0 Å². The number of carbonyl (C=O) groups is 1. The number of nitrogens with zero attached hydrogens (tertiary/aromatic N) is 3. The Kier molecular flexibility index (Phi) is 5.27. The van der Waals surface area contributed by atoms with E-state index in [0.717, 1.165) is 31.6 Å². The van der Waals surface area contributed by atoms with Crippen LogP contribution >= 0.6 is 0 Å². The maximum Gasteiger partial charge on any atom is 0.274 e. The van der Waals surface area contributed by atoms with Gasteiger partial charge in [0.15, 0.2) is 5.79 Å². The summed E-state index contributed by atoms with van der Waals surface area (Å²) < 4.78 is 11.5. The van der Waals surface area contributed by atoms with E-state index in [-0.39, 0.29) is 11.3 Å². The molecule has 3 heterocycles. The number of carbonyl (C=O) groups excluding carboxylic acids is 1. The molecule has 1 amide bonds. The molecule has 0 bridgehead atoms. The van der Waals surface area contributed by atoms with E-state index in [1.165, 1.54) is 5.56 Å². The standard InChI is InChI=1S/C22H28N4O3/c1-21(2,3)16-4-6-17(7-5-16)24-19(27)18-8-11-23-20(25-18)26-12-9-22(10-13-26)28-14-15-29-22/h4-8,11H,9-10,12-15H2,1-3H3,(H,24,27). The van der Waals surface area contributed by atoms with E-state index in [4.69, 9.17) is 9.47 Å². The Bertz CT molecular complexity index is 860. The number of aromatic nitrogens is 2. The monoisotopic (exact) mass is 396 g/mol. The molecule has 1 N–H and O–H groups in total. The Balaban J connectivity index is 1.41. The van der Waals surface area contributed by atoms with Gasteiger partial charge in [-0.2, -0.15) is 0 Å². The van der Waals surface area contributed by atoms with Crippen molar-refractivity contribution in [1.29, 1.82) is 0 Å². The molecule has 0 saturated carbocycles. The predicted octanol–water partition coefficient (Wildman–Crippen LogP) is 3.37. The summed E-state index contributed by atoms with van der Waals surface area (Å²) in [5.74, 6) is -0.119. The summed E-state index contributed by atoms with van der Waals surface area (Å²) in [6.07, 6.45) is 3.17. The molecule has 1 aromatic carbocycles. The number of rotatable bonds is 3. The Morgan fingerprint density at radius 3 is 2.34 bits per heavy atom. The van der Waals surface area contributed by atoms with E-state index < -0.39 is 5.79 Å². The lowest BCUT2D eigenvalue weighted by Gasteiger charge is -2.37. The van der Waals surface area contributed by atoms with Crippen molar-refractivity contribution >= 4 is 17.5 Å². The molecule has 0 aliphatic carbocycles. The first-order valence-corrected chi connectivity index (χ1v) is 10.1. The van der Waals surface area contributed by atoms with Crippen LogP contribution in [0.2, 0.25) is 0 Å². The maximum absolute atomic E-state index is 12.7. The van der Waals surface area contributed by atoms with Crippen LogP contribution in [0.5, 0.6) is 0 Å². The van der Waals surface area contributed by atoms with Crippen molar-refractivity contribution in [2.45, 2.75) is 44.8 Å². The van der Waals surface area contributed by atoms with Gasteiger partial charge in [-0.05, 0) is 29.2 Å². The van der Waals surface area contributed by atoms with Crippen LogP contribution in [0.15, 0.2) is 36.5 Å². The van der Waals surface area contributed by atoms with Gasteiger partial charge in [-0.3, -0.25) is 4.79 Å². The molecule has 0 atom stereocenters. The van der Waals surface area contributed by atoms with Crippen LogP contribution in [0.1, 0.15) is 49.7 Å². The second-order valence-corrected chi connectivity index (χ2v) is 8.62. The molecule has 1 aromatic heterocycles. The number of hydrogen-bond acceptors (Lipinski definition) is 6. The molecule has 154 valence electrons. The first-order valence-electron chi connectivity index (χ1n) is 10.1. The molecule has 7 heteroatoms. The Hall–Kier alpha value is -2.51. The fourth-order valence-electron chi connectivity index (χ4n) is 3.71. The van der Waals surface area contributed by atoms with Gasteiger partial charge in [0.05, 0.1) is 13.2 Å². The summed E-state index contributed by atoms with van der Waals surface area (Å²) in [6.45, 7) is 9.27. The number of piperidine rings is 1. The van der Waals surface area contributed by atoms with E-state index in [0.29, 0.717) is 24.9 Å². The molecule has 2 aromatic rings. The summed E-state index contributed by atoms with van der Waals surface area (Å²) in [4.78, 5) is 23.6. The van der Waals surface area contributed by atoms with E-state index in [1.54, 1.807) is 12.3 Å². The molecular formula is C22H28N4O3. The van der Waals surface area contributed by atoms with Gasteiger partial charge in [0, 0.05) is 37.8 Å². The van der Waals surface area contributed by atoms with Gasteiger partial charge in [0.1, 0.15) is 5.69 Å². The molecule has 1 spiro atoms. The van der Waals surface area contributed by atoms with Gasteiger partial charge in [0.2, 0.25) is 5.95 Å². The largest absolute Gasteiger partial charge is 0.347 e. The van der Waals surface area contributed by atoms with E-state index in [2.05, 4.69) is 41.0 Å². The topological polar surface area (TPSA) is 76.6 Å². The zero-order valence-electron chi connectivity index (χ0n) is 17.3. The molecule has 0 radical (unpaired) electrons. The summed E-state index contributed by atoms with van der Waals surface area (Å²) >= 11 is 0. The van der Waals surface area contributed by atoms with Gasteiger partial charge >= 0.3 is 0 Å². The second kappa shape index (κ2) is 7.72. The van der Waals surface area contributed by atoms with Crippen molar-refractivity contribution in [3.05, 3.63) is 47.8 Å². The van der Waals surface area contributed by atoms with Crippen LogP contribution < -0.4 is 10.2 Å². The summed E-state index contributed by atoms with van der Waals surface area (Å²) in [5, 5.41) is 2.92. The molecule has 2 aliphatic rings. The van der Waals surface area contributed by atoms with E-state index in [1.807, 2.05) is 24.3 Å². The highest BCUT2D eigenvalue weighted by atomic mass is 16.7. The Morgan fingerprint density at radius 2 is 1.72 bits per heavy atom. The highest BCUT2D eigenvalue weighted by Gasteiger charge is 2.40. The minimum absolute atomic E-state index is 0.0751. The summed E-state index contributed by atoms with van der Waals surface area (Å²) in [6, 6.07) is 9.56. The lowest BCUT2D eigenvalue weighted by molar-refractivity contribution is -0.169. The minimum Gasteiger partial charge on any atom is -0.347 e. The van der Waals surface area contributed by atoms with E-state index >= 15 is 0 Å². The molecule has 2 fully saturated rings. The number of benzene rings is 1. The van der Waals surface area contributed by atoms with Crippen molar-refractivity contribution in [3.63, 3.8) is 0 Å². The van der Waals surface area contributed by atoms with Gasteiger partial charge < -0.3 is 19.7 Å². The van der Waals surface area contributed by atoms with Crippen molar-refractivity contribution in [2.75, 3.05) is 36.5 Å². The normalized spacial score (nSPS) is 18.8. The number of nitrogens with one attached hydrogen (secondary N) is 1. The molecule has 7 nitrogen and oxygen atoms in total. The molecule has 2 aliphatic heterocycles. The number of anilines is 2. The first kappa shape index (κ1) is 19.8. The molecule has 0 unspecified atom stereocenters. The first-order chi connectivity index (χ1) is 13.8. The third-order valence-electron chi connectivity index (χ3n) is 5.51. The van der Waals surface area contributed by atoms with Crippen LogP contribution in [0.25, 0.3) is 0 Å². The van der Waals surface area contributed by atoms with Gasteiger partial charge in [-0.25, -0.2) is 9.97 Å². The Morgan fingerprint density at radius 1 is 1.07 bits per heavy atom. The van der Waals surface area contributed by atoms with E-state index in [9.17, 15) is 4.79 Å². The van der Waals surface area contributed by atoms with Crippen molar-refractivity contribution in [2.24, 2.45) is 0 Å². The van der Waals surface area contributed by atoms with Crippen molar-refractivity contribution in [1.82, 2.24) is 9.97 Å². The zero-order chi connectivity index (χ0) is 20.5. The number of amides is 1. The third kappa shape index (κ3) is 4.41. The average molecular weight is 396 g/mol. The number of hydrogen-bond donors (Lipinski definition) is 1. The average Bonchev–Trinajstić information content (AvgIpc) is 3.16. The predicted molar refractivity (Wildman–Crippen MR) is 111 cm³/mol. The lowest BCUT2D eigenvalue weighted by atomic mass is 9.87. The smallest absolute Gasteiger partial charge is 0.274 e. The van der Waals surface area contributed by atoms with Crippen molar-refractivity contribution < 1.29 is 14.3 Å². The quantitative estimate of drug-likeness (QED) is 0.857. The summed E-state index contributed by atoms with van der Waals surface area (Å²) in [7, 11) is 0. The van der Waals surface area contributed by atoms with Gasteiger partial charge in [-0.15, -0.1) is 0 Å². The second-order valence-electron chi connectivity index (χ2n) is 8.62. The zero-order valence-corrected chi connectivity index (χ0v) is 17.3. The highest BCUT2D eigenvalue weighted by molar-refractivity contribution is 6.02. The van der Waals surface area contributed by atoms with Gasteiger partial charge in [0.25, 0.3) is 5.91 Å². The molecule has 4 rings (SSSR count). The van der Waals surface area contributed by atoms with Crippen LogP contribution in [-0.4, -0.2) is 48.0 Å². The summed E-state index contributed by atoms with van der Waals surface area (Å²) in [5.41, 5.74) is 2.39. The van der Waals surface area contributed by atoms with Gasteiger partial charge in [-0.1, -0.05) is 32.9 Å². The van der Waals surface area contributed by atoms with Crippen LogP contribution in [-0.2, 0) is 14.9 Å². The maximum atomic E-state index is 12.7. The molecule has 2 saturated heterocycles. The SMILES string of the molecule is CC(C)(C)c1ccc(NC(=O)c2ccnc(N3CCC4(CC3)OCCO4)n2)cc1. The Labute approximate surface area is 171 Å². The number of ether oxygens (including phenoxy) is 2.